The summed E-state index contributed by atoms with van der Waals surface area (Å²) in [6, 6.07) is 7.61. The molecule has 2 rings (SSSR count). The molecule has 0 fully saturated rings. The fourth-order valence-electron chi connectivity index (χ4n) is 2.03. The van der Waals surface area contributed by atoms with Crippen molar-refractivity contribution in [2.45, 2.75) is 39.5 Å². The number of halogens is 1. The molecule has 1 atom stereocenters. The quantitative estimate of drug-likeness (QED) is 0.889. The molecule has 1 aromatic heterocycles. The van der Waals surface area contributed by atoms with Gasteiger partial charge in [-0.15, -0.1) is 0 Å². The zero-order chi connectivity index (χ0) is 15.4. The van der Waals surface area contributed by atoms with E-state index < -0.39 is 6.10 Å². The SMILES string of the molecule is CC(O)CN(Cc1nc(-c2cccc(Cl)c2)no1)C(C)C. The number of hydrogen-bond acceptors (Lipinski definition) is 5. The van der Waals surface area contributed by atoms with Crippen LogP contribution in [0.1, 0.15) is 26.7 Å². The zero-order valence-corrected chi connectivity index (χ0v) is 13.2. The molecule has 21 heavy (non-hydrogen) atoms. The fourth-order valence-corrected chi connectivity index (χ4v) is 2.23. The van der Waals surface area contributed by atoms with Gasteiger partial charge in [0.2, 0.25) is 11.7 Å². The first kappa shape index (κ1) is 15.9. The summed E-state index contributed by atoms with van der Waals surface area (Å²) in [5, 5.41) is 14.2. The first-order chi connectivity index (χ1) is 9.95. The van der Waals surface area contributed by atoms with Gasteiger partial charge in [0, 0.05) is 23.2 Å². The lowest BCUT2D eigenvalue weighted by atomic mass is 10.2. The fraction of sp³-hybridized carbons (Fsp3) is 0.467. The molecule has 0 aliphatic rings. The highest BCUT2D eigenvalue weighted by Gasteiger charge is 2.17. The average molecular weight is 310 g/mol. The average Bonchev–Trinajstić information content (AvgIpc) is 2.86. The first-order valence-corrected chi connectivity index (χ1v) is 7.34. The van der Waals surface area contributed by atoms with Gasteiger partial charge in [0.15, 0.2) is 0 Å². The lowest BCUT2D eigenvalue weighted by molar-refractivity contribution is 0.0943. The van der Waals surface area contributed by atoms with Gasteiger partial charge in [0.1, 0.15) is 0 Å². The lowest BCUT2D eigenvalue weighted by Crippen LogP contribution is -2.36. The third kappa shape index (κ3) is 4.52. The van der Waals surface area contributed by atoms with E-state index in [0.29, 0.717) is 29.8 Å². The molecule has 2 aromatic rings. The molecule has 114 valence electrons. The minimum atomic E-state index is -0.400. The molecule has 0 spiro atoms. The monoisotopic (exact) mass is 309 g/mol. The van der Waals surface area contributed by atoms with E-state index in [1.165, 1.54) is 0 Å². The van der Waals surface area contributed by atoms with Crippen molar-refractivity contribution < 1.29 is 9.63 Å². The largest absolute Gasteiger partial charge is 0.392 e. The van der Waals surface area contributed by atoms with Crippen LogP contribution in [-0.2, 0) is 6.54 Å². The van der Waals surface area contributed by atoms with Gasteiger partial charge in [0.05, 0.1) is 12.6 Å². The van der Waals surface area contributed by atoms with E-state index in [4.69, 9.17) is 16.1 Å². The van der Waals surface area contributed by atoms with E-state index in [1.54, 1.807) is 19.1 Å². The summed E-state index contributed by atoms with van der Waals surface area (Å²) in [7, 11) is 0. The molecule has 0 radical (unpaired) electrons. The van der Waals surface area contributed by atoms with Crippen molar-refractivity contribution in [1.29, 1.82) is 0 Å². The number of aliphatic hydroxyl groups excluding tert-OH is 1. The topological polar surface area (TPSA) is 62.4 Å². The van der Waals surface area contributed by atoms with Gasteiger partial charge < -0.3 is 9.63 Å². The van der Waals surface area contributed by atoms with Gasteiger partial charge >= 0.3 is 0 Å². The normalized spacial score (nSPS) is 13.1. The number of rotatable bonds is 6. The highest BCUT2D eigenvalue weighted by molar-refractivity contribution is 6.30. The Morgan fingerprint density at radius 1 is 1.33 bits per heavy atom. The van der Waals surface area contributed by atoms with E-state index in [0.717, 1.165) is 5.56 Å². The number of hydrogen-bond donors (Lipinski definition) is 1. The summed E-state index contributed by atoms with van der Waals surface area (Å²) in [5.41, 5.74) is 0.823. The number of aromatic nitrogens is 2. The summed E-state index contributed by atoms with van der Waals surface area (Å²) in [6.07, 6.45) is -0.400. The highest BCUT2D eigenvalue weighted by Crippen LogP contribution is 2.20. The van der Waals surface area contributed by atoms with Crippen LogP contribution in [0.3, 0.4) is 0 Å². The second-order valence-electron chi connectivity index (χ2n) is 5.39. The van der Waals surface area contributed by atoms with Crippen molar-refractivity contribution in [1.82, 2.24) is 15.0 Å². The second kappa shape index (κ2) is 7.02. The Morgan fingerprint density at radius 3 is 2.71 bits per heavy atom. The molecule has 1 N–H and O–H groups in total. The predicted octanol–water partition coefficient (Wildman–Crippen LogP) is 2.98. The molecule has 1 aromatic carbocycles. The Bertz CT molecular complexity index is 584. The van der Waals surface area contributed by atoms with Crippen LogP contribution in [0, 0.1) is 0 Å². The smallest absolute Gasteiger partial charge is 0.241 e. The van der Waals surface area contributed by atoms with Crippen molar-refractivity contribution >= 4 is 11.6 Å². The van der Waals surface area contributed by atoms with E-state index in [-0.39, 0.29) is 6.04 Å². The van der Waals surface area contributed by atoms with E-state index in [9.17, 15) is 5.11 Å². The molecule has 0 amide bonds. The maximum Gasteiger partial charge on any atom is 0.241 e. The summed E-state index contributed by atoms with van der Waals surface area (Å²) >= 11 is 5.96. The van der Waals surface area contributed by atoms with Gasteiger partial charge in [0.25, 0.3) is 0 Å². The van der Waals surface area contributed by atoms with Crippen LogP contribution in [0.25, 0.3) is 11.4 Å². The number of aliphatic hydroxyl groups is 1. The minimum Gasteiger partial charge on any atom is -0.392 e. The Kier molecular flexibility index (Phi) is 5.33. The van der Waals surface area contributed by atoms with Crippen LogP contribution in [0.4, 0.5) is 0 Å². The lowest BCUT2D eigenvalue weighted by Gasteiger charge is -2.25. The molecule has 0 aliphatic carbocycles. The molecule has 5 nitrogen and oxygen atoms in total. The van der Waals surface area contributed by atoms with Crippen LogP contribution in [0.5, 0.6) is 0 Å². The zero-order valence-electron chi connectivity index (χ0n) is 12.5. The molecular formula is C15H20ClN3O2. The highest BCUT2D eigenvalue weighted by atomic mass is 35.5. The number of benzene rings is 1. The molecule has 1 heterocycles. The van der Waals surface area contributed by atoms with Gasteiger partial charge in [-0.25, -0.2) is 0 Å². The van der Waals surface area contributed by atoms with Gasteiger partial charge in [-0.3, -0.25) is 4.90 Å². The molecule has 0 saturated carbocycles. The molecule has 6 heteroatoms. The molecule has 0 saturated heterocycles. The van der Waals surface area contributed by atoms with Crippen LogP contribution in [0.2, 0.25) is 5.02 Å². The Morgan fingerprint density at radius 2 is 2.10 bits per heavy atom. The van der Waals surface area contributed by atoms with Gasteiger partial charge in [-0.05, 0) is 32.9 Å². The van der Waals surface area contributed by atoms with Crippen LogP contribution < -0.4 is 0 Å². The second-order valence-corrected chi connectivity index (χ2v) is 5.83. The summed E-state index contributed by atoms with van der Waals surface area (Å²) in [4.78, 5) is 6.47. The van der Waals surface area contributed by atoms with Gasteiger partial charge in [-0.1, -0.05) is 28.9 Å². The molecule has 1 unspecified atom stereocenters. The Labute approximate surface area is 129 Å². The van der Waals surface area contributed by atoms with E-state index in [1.807, 2.05) is 12.1 Å². The van der Waals surface area contributed by atoms with Crippen molar-refractivity contribution in [2.75, 3.05) is 6.54 Å². The van der Waals surface area contributed by atoms with E-state index >= 15 is 0 Å². The molecular weight excluding hydrogens is 290 g/mol. The third-order valence-electron chi connectivity index (χ3n) is 3.12. The first-order valence-electron chi connectivity index (χ1n) is 6.96. The van der Waals surface area contributed by atoms with Crippen LogP contribution in [-0.4, -0.2) is 38.8 Å². The molecule has 0 aliphatic heterocycles. The maximum absolute atomic E-state index is 9.54. The predicted molar refractivity (Wildman–Crippen MR) is 82.0 cm³/mol. The van der Waals surface area contributed by atoms with Crippen molar-refractivity contribution in [3.63, 3.8) is 0 Å². The van der Waals surface area contributed by atoms with Crippen molar-refractivity contribution in [3.05, 3.63) is 35.2 Å². The van der Waals surface area contributed by atoms with E-state index in [2.05, 4.69) is 28.9 Å². The van der Waals surface area contributed by atoms with Crippen molar-refractivity contribution in [2.24, 2.45) is 0 Å². The van der Waals surface area contributed by atoms with Crippen molar-refractivity contribution in [3.8, 4) is 11.4 Å². The number of nitrogens with zero attached hydrogens (tertiary/aromatic N) is 3. The third-order valence-corrected chi connectivity index (χ3v) is 3.35. The molecule has 0 bridgehead atoms. The summed E-state index contributed by atoms with van der Waals surface area (Å²) < 4.78 is 5.29. The van der Waals surface area contributed by atoms with Gasteiger partial charge in [-0.2, -0.15) is 4.98 Å². The standard InChI is InChI=1S/C15H20ClN3O2/c1-10(2)19(8-11(3)20)9-14-17-15(18-21-14)12-5-4-6-13(16)7-12/h4-7,10-11,20H,8-9H2,1-3H3. The Hall–Kier alpha value is -1.43. The Balaban J connectivity index is 2.12. The van der Waals surface area contributed by atoms with Crippen LogP contribution >= 0.6 is 11.6 Å². The summed E-state index contributed by atoms with van der Waals surface area (Å²) in [5.74, 6) is 1.05. The minimum absolute atomic E-state index is 0.279. The summed E-state index contributed by atoms with van der Waals surface area (Å²) in [6.45, 7) is 6.97. The maximum atomic E-state index is 9.54. The van der Waals surface area contributed by atoms with Crippen LogP contribution in [0.15, 0.2) is 28.8 Å².